The Bertz CT molecular complexity index is 1190. The number of carbonyl (C=O) groups excluding carboxylic acids is 1. The van der Waals surface area contributed by atoms with Crippen molar-refractivity contribution < 1.29 is 27.9 Å². The Labute approximate surface area is 192 Å². The van der Waals surface area contributed by atoms with Crippen LogP contribution < -0.4 is 14.8 Å². The number of benzene rings is 2. The number of ether oxygens (including phenoxy) is 1. The van der Waals surface area contributed by atoms with Gasteiger partial charge >= 0.3 is 5.97 Å². The number of hydrogen-bond acceptors (Lipinski definition) is 6. The fourth-order valence-electron chi connectivity index (χ4n) is 4.13. The summed E-state index contributed by atoms with van der Waals surface area (Å²) in [4.78, 5) is 26.5. The number of anilines is 1. The van der Waals surface area contributed by atoms with Gasteiger partial charge in [-0.1, -0.05) is 18.2 Å². The van der Waals surface area contributed by atoms with Crippen molar-refractivity contribution in [3.8, 4) is 5.75 Å². The number of carboxylic acid groups (broad SMARTS) is 1. The number of rotatable bonds is 9. The maximum Gasteiger partial charge on any atom is 0.341 e. The van der Waals surface area contributed by atoms with Crippen LogP contribution in [0, 0.1) is 5.92 Å². The van der Waals surface area contributed by atoms with E-state index in [4.69, 9.17) is 4.74 Å². The van der Waals surface area contributed by atoms with Gasteiger partial charge in [-0.3, -0.25) is 9.52 Å². The molecule has 1 heterocycles. The number of hydrogen-bond donors (Lipinski definition) is 3. The van der Waals surface area contributed by atoms with Gasteiger partial charge in [-0.2, -0.15) is 0 Å². The summed E-state index contributed by atoms with van der Waals surface area (Å²) in [5.41, 5.74) is 0.472. The molecule has 1 unspecified atom stereocenters. The van der Waals surface area contributed by atoms with Crippen LogP contribution in [0.25, 0.3) is 0 Å². The first-order valence-corrected chi connectivity index (χ1v) is 12.2. The quantitative estimate of drug-likeness (QED) is 0.478. The number of aromatic carboxylic acids is 1. The fraction of sp³-hybridized carbons (Fsp3) is 0.391. The number of nitrogens with one attached hydrogen (secondary N) is 2. The molecule has 2 atom stereocenters. The Morgan fingerprint density at radius 3 is 2.67 bits per heavy atom. The predicted molar refractivity (Wildman–Crippen MR) is 122 cm³/mol. The molecule has 0 bridgehead atoms. The summed E-state index contributed by atoms with van der Waals surface area (Å²) in [5, 5.41) is 12.5. The van der Waals surface area contributed by atoms with Crippen LogP contribution in [0.2, 0.25) is 0 Å². The molecule has 9 nitrogen and oxygen atoms in total. The van der Waals surface area contributed by atoms with Crippen molar-refractivity contribution >= 4 is 27.6 Å². The van der Waals surface area contributed by atoms with Gasteiger partial charge < -0.3 is 20.1 Å². The number of nitrogens with zero attached hydrogens (tertiary/aromatic N) is 1. The molecular weight excluding hydrogens is 446 g/mol. The van der Waals surface area contributed by atoms with Gasteiger partial charge in [0.15, 0.2) is 0 Å². The van der Waals surface area contributed by atoms with E-state index in [0.717, 1.165) is 18.5 Å². The minimum absolute atomic E-state index is 0.0123. The van der Waals surface area contributed by atoms with Crippen LogP contribution in [0.5, 0.6) is 5.75 Å². The standard InChI is InChI=1S/C23H27N3O6S/c1-26(2)11-5-10-24-22(27)16-6-3-4-7-19(16)33(30,31)25-18-9-8-15-17-12-14(17)13-32-21(15)20(18)23(28)29/h3-4,6-9,14,17,25H,5,10-13H2,1-2H3,(H,24,27)(H,28,29)/t14?,17-/m0/s1. The number of carbonyl (C=O) groups is 2. The van der Waals surface area contributed by atoms with Crippen molar-refractivity contribution in [2.75, 3.05) is 38.5 Å². The van der Waals surface area contributed by atoms with E-state index in [0.29, 0.717) is 25.5 Å². The number of fused-ring (bicyclic) bond motifs is 3. The summed E-state index contributed by atoms with van der Waals surface area (Å²) in [6.45, 7) is 1.60. The molecule has 176 valence electrons. The summed E-state index contributed by atoms with van der Waals surface area (Å²) < 4.78 is 34.5. The molecule has 1 saturated carbocycles. The van der Waals surface area contributed by atoms with E-state index in [-0.39, 0.29) is 33.4 Å². The molecule has 1 amide bonds. The summed E-state index contributed by atoms with van der Waals surface area (Å²) >= 11 is 0. The third-order valence-corrected chi connectivity index (χ3v) is 7.32. The average molecular weight is 474 g/mol. The van der Waals surface area contributed by atoms with Crippen LogP contribution in [0.15, 0.2) is 41.3 Å². The second-order valence-corrected chi connectivity index (χ2v) is 10.3. The van der Waals surface area contributed by atoms with E-state index in [2.05, 4.69) is 10.0 Å². The lowest BCUT2D eigenvalue weighted by Crippen LogP contribution is -2.29. The van der Waals surface area contributed by atoms with Crippen LogP contribution in [0.1, 0.15) is 45.0 Å². The Morgan fingerprint density at radius 1 is 1.18 bits per heavy atom. The van der Waals surface area contributed by atoms with E-state index >= 15 is 0 Å². The van der Waals surface area contributed by atoms with Crippen molar-refractivity contribution in [2.24, 2.45) is 5.92 Å². The molecule has 4 rings (SSSR count). The zero-order chi connectivity index (χ0) is 23.8. The van der Waals surface area contributed by atoms with E-state index < -0.39 is 21.9 Å². The van der Waals surface area contributed by atoms with Crippen LogP contribution >= 0.6 is 0 Å². The number of carboxylic acids is 1. The summed E-state index contributed by atoms with van der Waals surface area (Å²) in [6.07, 6.45) is 1.65. The second-order valence-electron chi connectivity index (χ2n) is 8.64. The highest BCUT2D eigenvalue weighted by Crippen LogP contribution is 2.55. The van der Waals surface area contributed by atoms with Gasteiger partial charge in [-0.25, -0.2) is 13.2 Å². The van der Waals surface area contributed by atoms with Gasteiger partial charge in [0, 0.05) is 12.5 Å². The fourth-order valence-corrected chi connectivity index (χ4v) is 5.40. The van der Waals surface area contributed by atoms with Crippen LogP contribution in [-0.2, 0) is 10.0 Å². The Kier molecular flexibility index (Phi) is 6.31. The van der Waals surface area contributed by atoms with Crippen molar-refractivity contribution in [1.29, 1.82) is 0 Å². The Morgan fingerprint density at radius 2 is 1.94 bits per heavy atom. The molecule has 2 aromatic rings. The first-order chi connectivity index (χ1) is 15.7. The normalized spacial score (nSPS) is 18.6. The van der Waals surface area contributed by atoms with Crippen molar-refractivity contribution in [3.63, 3.8) is 0 Å². The topological polar surface area (TPSA) is 125 Å². The lowest BCUT2D eigenvalue weighted by atomic mass is 10.0. The highest BCUT2D eigenvalue weighted by Gasteiger charge is 2.45. The maximum atomic E-state index is 13.2. The van der Waals surface area contributed by atoms with Crippen LogP contribution in [0.4, 0.5) is 5.69 Å². The summed E-state index contributed by atoms with van der Waals surface area (Å²) in [5.74, 6) is -0.926. The second kappa shape index (κ2) is 9.03. The molecule has 1 fully saturated rings. The summed E-state index contributed by atoms with van der Waals surface area (Å²) in [7, 11) is -0.405. The van der Waals surface area contributed by atoms with Crippen molar-refractivity contribution in [2.45, 2.75) is 23.7 Å². The minimum Gasteiger partial charge on any atom is -0.492 e. The average Bonchev–Trinajstić information content (AvgIpc) is 3.56. The van der Waals surface area contributed by atoms with Crippen LogP contribution in [0.3, 0.4) is 0 Å². The van der Waals surface area contributed by atoms with Gasteiger partial charge in [0.1, 0.15) is 16.2 Å². The molecule has 1 aliphatic heterocycles. The first-order valence-electron chi connectivity index (χ1n) is 10.8. The van der Waals surface area contributed by atoms with Gasteiger partial charge in [-0.15, -0.1) is 0 Å². The zero-order valence-corrected chi connectivity index (χ0v) is 19.3. The molecule has 0 saturated heterocycles. The van der Waals surface area contributed by atoms with Crippen molar-refractivity contribution in [1.82, 2.24) is 10.2 Å². The van der Waals surface area contributed by atoms with Gasteiger partial charge in [-0.05, 0) is 63.2 Å². The third-order valence-electron chi connectivity index (χ3n) is 5.90. The van der Waals surface area contributed by atoms with Crippen LogP contribution in [-0.4, -0.2) is 64.1 Å². The van der Waals surface area contributed by atoms with E-state index in [9.17, 15) is 23.1 Å². The lowest BCUT2D eigenvalue weighted by Gasteiger charge is -2.21. The predicted octanol–water partition coefficient (Wildman–Crippen LogP) is 2.36. The molecule has 2 aromatic carbocycles. The highest BCUT2D eigenvalue weighted by molar-refractivity contribution is 7.92. The van der Waals surface area contributed by atoms with Crippen molar-refractivity contribution in [3.05, 3.63) is 53.1 Å². The minimum atomic E-state index is -4.26. The molecule has 2 aliphatic rings. The maximum absolute atomic E-state index is 13.2. The molecule has 0 spiro atoms. The smallest absolute Gasteiger partial charge is 0.341 e. The first kappa shape index (κ1) is 23.1. The monoisotopic (exact) mass is 473 g/mol. The molecule has 10 heteroatoms. The Balaban J connectivity index is 1.60. The largest absolute Gasteiger partial charge is 0.492 e. The van der Waals surface area contributed by atoms with Gasteiger partial charge in [0.25, 0.3) is 15.9 Å². The lowest BCUT2D eigenvalue weighted by molar-refractivity contribution is 0.0692. The van der Waals surface area contributed by atoms with Gasteiger partial charge in [0.05, 0.1) is 17.9 Å². The number of sulfonamides is 1. The Hall–Kier alpha value is -3.11. The molecule has 3 N–H and O–H groups in total. The molecule has 0 aromatic heterocycles. The van der Waals surface area contributed by atoms with Gasteiger partial charge in [0.2, 0.25) is 0 Å². The number of amides is 1. The molecule has 33 heavy (non-hydrogen) atoms. The van der Waals surface area contributed by atoms with E-state index in [1.807, 2.05) is 19.0 Å². The SMILES string of the molecule is CN(C)CCCNC(=O)c1ccccc1S(=O)(=O)Nc1ccc2c(c1C(=O)O)OCC1C[C@H]21. The summed E-state index contributed by atoms with van der Waals surface area (Å²) in [6, 6.07) is 9.01. The highest BCUT2D eigenvalue weighted by atomic mass is 32.2. The van der Waals surface area contributed by atoms with E-state index in [1.54, 1.807) is 12.1 Å². The molecule has 1 aliphatic carbocycles. The van der Waals surface area contributed by atoms with E-state index in [1.165, 1.54) is 24.3 Å². The molecule has 0 radical (unpaired) electrons. The zero-order valence-electron chi connectivity index (χ0n) is 18.5. The third kappa shape index (κ3) is 4.81. The molecular formula is C23H27N3O6S.